The van der Waals surface area contributed by atoms with E-state index in [1.165, 1.54) is 154 Å². The Morgan fingerprint density at radius 3 is 0.877 bits per heavy atom. The van der Waals surface area contributed by atoms with Crippen molar-refractivity contribution in [3.8, 4) is 0 Å². The molecular weight excluding hydrogens is 709 g/mol. The smallest absolute Gasteiger partial charge is 0.306 e. The SMILES string of the molecule is CCCCCCC/C=C\CCCCCCCC(=O)OC[C@@H](COC(=O)CCCCCCCCCCCCC)OC(=O)CCCCCCC/C=C\CCCCCCC. The van der Waals surface area contributed by atoms with Crippen LogP contribution in [0.4, 0.5) is 0 Å². The quantitative estimate of drug-likeness (QED) is 0.0264. The second-order valence-corrected chi connectivity index (χ2v) is 16.7. The summed E-state index contributed by atoms with van der Waals surface area (Å²) in [4.78, 5) is 37.8. The van der Waals surface area contributed by atoms with E-state index in [1.54, 1.807) is 0 Å². The fourth-order valence-electron chi connectivity index (χ4n) is 7.14. The first-order chi connectivity index (χ1) is 28.0. The van der Waals surface area contributed by atoms with Crippen molar-refractivity contribution in [3.63, 3.8) is 0 Å². The number of esters is 3. The standard InChI is InChI=1S/C51H94O6/c1-4-7-10-13-16-19-22-24-26-29-32-35-38-41-44-50(53)56-47-48(46-55-49(52)43-40-37-34-31-28-21-18-15-12-9-6-3)57-51(54)45-42-39-36-33-30-27-25-23-20-17-14-11-8-5-2/h22-25,48H,4-21,26-47H2,1-3H3/b24-22-,25-23-/t48-/m1/s1. The van der Waals surface area contributed by atoms with Crippen molar-refractivity contribution < 1.29 is 28.6 Å². The van der Waals surface area contributed by atoms with Crippen molar-refractivity contribution >= 4 is 17.9 Å². The van der Waals surface area contributed by atoms with Crippen LogP contribution in [0, 0.1) is 0 Å². The van der Waals surface area contributed by atoms with Gasteiger partial charge in [0.2, 0.25) is 0 Å². The van der Waals surface area contributed by atoms with Crippen LogP contribution in [0.5, 0.6) is 0 Å². The molecule has 0 N–H and O–H groups in total. The van der Waals surface area contributed by atoms with Gasteiger partial charge >= 0.3 is 17.9 Å². The molecule has 57 heavy (non-hydrogen) atoms. The van der Waals surface area contributed by atoms with Gasteiger partial charge in [0.15, 0.2) is 6.10 Å². The second kappa shape index (κ2) is 46.6. The maximum absolute atomic E-state index is 12.7. The van der Waals surface area contributed by atoms with Gasteiger partial charge in [0.1, 0.15) is 13.2 Å². The topological polar surface area (TPSA) is 78.9 Å². The fraction of sp³-hybridized carbons (Fsp3) is 0.863. The number of rotatable bonds is 45. The molecule has 0 aromatic heterocycles. The second-order valence-electron chi connectivity index (χ2n) is 16.7. The molecule has 0 amide bonds. The average molecular weight is 803 g/mol. The van der Waals surface area contributed by atoms with Crippen molar-refractivity contribution in [1.82, 2.24) is 0 Å². The molecule has 6 heteroatoms. The maximum atomic E-state index is 12.7. The fourth-order valence-corrected chi connectivity index (χ4v) is 7.14. The van der Waals surface area contributed by atoms with E-state index in [0.29, 0.717) is 19.3 Å². The Morgan fingerprint density at radius 2 is 0.579 bits per heavy atom. The highest BCUT2D eigenvalue weighted by molar-refractivity contribution is 5.71. The van der Waals surface area contributed by atoms with Crippen molar-refractivity contribution in [2.45, 2.75) is 271 Å². The van der Waals surface area contributed by atoms with Gasteiger partial charge < -0.3 is 14.2 Å². The van der Waals surface area contributed by atoms with Crippen LogP contribution in [0.1, 0.15) is 265 Å². The zero-order valence-corrected chi connectivity index (χ0v) is 38.1. The van der Waals surface area contributed by atoms with Gasteiger partial charge in [-0.3, -0.25) is 14.4 Å². The maximum Gasteiger partial charge on any atom is 0.306 e. The summed E-state index contributed by atoms with van der Waals surface area (Å²) in [5, 5.41) is 0. The molecule has 0 aliphatic carbocycles. The molecule has 6 nitrogen and oxygen atoms in total. The van der Waals surface area contributed by atoms with E-state index in [4.69, 9.17) is 14.2 Å². The van der Waals surface area contributed by atoms with Crippen LogP contribution in [-0.2, 0) is 28.6 Å². The highest BCUT2D eigenvalue weighted by Crippen LogP contribution is 2.15. The normalized spacial score (nSPS) is 12.1. The summed E-state index contributed by atoms with van der Waals surface area (Å²) in [5.41, 5.74) is 0. The number of hydrogen-bond donors (Lipinski definition) is 0. The molecule has 0 heterocycles. The number of allylic oxidation sites excluding steroid dienone is 4. The number of carbonyl (C=O) groups is 3. The average Bonchev–Trinajstić information content (AvgIpc) is 3.21. The zero-order valence-electron chi connectivity index (χ0n) is 38.1. The summed E-state index contributed by atoms with van der Waals surface area (Å²) in [5.74, 6) is -0.883. The molecule has 0 bridgehead atoms. The van der Waals surface area contributed by atoms with Crippen molar-refractivity contribution in [3.05, 3.63) is 24.3 Å². The van der Waals surface area contributed by atoms with Crippen LogP contribution in [-0.4, -0.2) is 37.2 Å². The molecule has 0 aliphatic rings. The first-order valence-corrected chi connectivity index (χ1v) is 24.8. The molecule has 0 fully saturated rings. The van der Waals surface area contributed by atoms with Crippen molar-refractivity contribution in [2.24, 2.45) is 0 Å². The summed E-state index contributed by atoms with van der Waals surface area (Å²) in [6.07, 6.45) is 51.5. The van der Waals surface area contributed by atoms with E-state index in [2.05, 4.69) is 45.1 Å². The van der Waals surface area contributed by atoms with Gasteiger partial charge in [-0.2, -0.15) is 0 Å². The summed E-state index contributed by atoms with van der Waals surface area (Å²) in [6, 6.07) is 0. The van der Waals surface area contributed by atoms with Crippen molar-refractivity contribution in [2.75, 3.05) is 13.2 Å². The molecular formula is C51H94O6. The molecule has 334 valence electrons. The molecule has 0 aromatic carbocycles. The van der Waals surface area contributed by atoms with Gasteiger partial charge in [0, 0.05) is 19.3 Å². The zero-order chi connectivity index (χ0) is 41.5. The summed E-state index contributed by atoms with van der Waals surface area (Å²) < 4.78 is 16.7. The van der Waals surface area contributed by atoms with Crippen LogP contribution >= 0.6 is 0 Å². The van der Waals surface area contributed by atoms with E-state index in [9.17, 15) is 14.4 Å². The minimum atomic E-state index is -0.773. The number of ether oxygens (including phenoxy) is 3. The Kier molecular flexibility index (Phi) is 44.9. The summed E-state index contributed by atoms with van der Waals surface area (Å²) in [6.45, 7) is 6.61. The van der Waals surface area contributed by atoms with Gasteiger partial charge in [-0.1, -0.05) is 199 Å². The third-order valence-corrected chi connectivity index (χ3v) is 10.9. The van der Waals surface area contributed by atoms with Gasteiger partial charge in [0.05, 0.1) is 0 Å². The lowest BCUT2D eigenvalue weighted by Crippen LogP contribution is -2.30. The highest BCUT2D eigenvalue weighted by atomic mass is 16.6. The minimum Gasteiger partial charge on any atom is -0.462 e. The monoisotopic (exact) mass is 803 g/mol. The first kappa shape index (κ1) is 54.9. The Bertz CT molecular complexity index is 927. The molecule has 1 atom stereocenters. The molecule has 0 spiro atoms. The molecule has 0 unspecified atom stereocenters. The predicted octanol–water partition coefficient (Wildman–Crippen LogP) is 16.0. The molecule has 0 saturated carbocycles. The number of carbonyl (C=O) groups excluding carboxylic acids is 3. The minimum absolute atomic E-state index is 0.0740. The van der Waals surface area contributed by atoms with E-state index < -0.39 is 6.10 Å². The number of hydrogen-bond acceptors (Lipinski definition) is 6. The Balaban J connectivity index is 4.37. The van der Waals surface area contributed by atoms with E-state index in [1.807, 2.05) is 0 Å². The molecule has 0 aromatic rings. The van der Waals surface area contributed by atoms with Gasteiger partial charge in [-0.15, -0.1) is 0 Å². The Labute approximate surface area is 353 Å². The predicted molar refractivity (Wildman–Crippen MR) is 243 cm³/mol. The lowest BCUT2D eigenvalue weighted by molar-refractivity contribution is -0.167. The van der Waals surface area contributed by atoms with Gasteiger partial charge in [-0.05, 0) is 70.6 Å². The molecule has 0 saturated heterocycles. The van der Waals surface area contributed by atoms with E-state index in [-0.39, 0.29) is 31.1 Å². The number of unbranched alkanes of at least 4 members (excludes halogenated alkanes) is 30. The van der Waals surface area contributed by atoms with Crippen LogP contribution in [0.15, 0.2) is 24.3 Å². The highest BCUT2D eigenvalue weighted by Gasteiger charge is 2.19. The van der Waals surface area contributed by atoms with Crippen molar-refractivity contribution in [1.29, 1.82) is 0 Å². The third-order valence-electron chi connectivity index (χ3n) is 10.9. The lowest BCUT2D eigenvalue weighted by atomic mass is 10.1. The van der Waals surface area contributed by atoms with Gasteiger partial charge in [0.25, 0.3) is 0 Å². The largest absolute Gasteiger partial charge is 0.462 e. The molecule has 0 rings (SSSR count). The lowest BCUT2D eigenvalue weighted by Gasteiger charge is -2.18. The van der Waals surface area contributed by atoms with Crippen LogP contribution in [0.2, 0.25) is 0 Å². The van der Waals surface area contributed by atoms with Crippen LogP contribution in [0.25, 0.3) is 0 Å². The molecule has 0 aliphatic heterocycles. The van der Waals surface area contributed by atoms with E-state index >= 15 is 0 Å². The summed E-state index contributed by atoms with van der Waals surface area (Å²) in [7, 11) is 0. The Hall–Kier alpha value is -2.11. The Morgan fingerprint density at radius 1 is 0.333 bits per heavy atom. The van der Waals surface area contributed by atoms with E-state index in [0.717, 1.165) is 70.6 Å². The first-order valence-electron chi connectivity index (χ1n) is 24.8. The third kappa shape index (κ3) is 44.8. The molecule has 0 radical (unpaired) electrons. The van der Waals surface area contributed by atoms with Crippen LogP contribution < -0.4 is 0 Å². The summed E-state index contributed by atoms with van der Waals surface area (Å²) >= 11 is 0. The van der Waals surface area contributed by atoms with Crippen LogP contribution in [0.3, 0.4) is 0 Å². The van der Waals surface area contributed by atoms with Gasteiger partial charge in [-0.25, -0.2) is 0 Å².